The fourth-order valence-corrected chi connectivity index (χ4v) is 0.529. The Morgan fingerprint density at radius 3 is 3.33 bits per heavy atom. The zero-order valence-electron chi connectivity index (χ0n) is 7.41. The molecule has 0 radical (unpaired) electrons. The molecule has 0 saturated carbocycles. The first kappa shape index (κ1) is 3.52. The van der Waals surface area contributed by atoms with Crippen LogP contribution in [0.5, 0.6) is 0 Å². The van der Waals surface area contributed by atoms with Crippen molar-refractivity contribution in [2.45, 2.75) is 5.88 Å². The van der Waals surface area contributed by atoms with E-state index >= 15 is 0 Å². The second kappa shape index (κ2) is 2.78. The maximum Gasteiger partial charge on any atom is 0.213 e. The van der Waals surface area contributed by atoms with Crippen molar-refractivity contribution in [3.63, 3.8) is 0 Å². The van der Waals surface area contributed by atoms with Crippen LogP contribution in [0, 0.1) is 5.95 Å². The summed E-state index contributed by atoms with van der Waals surface area (Å²) in [5.41, 5.74) is 0.00849. The zero-order valence-corrected chi connectivity index (χ0v) is 5.17. The summed E-state index contributed by atoms with van der Waals surface area (Å²) in [4.78, 5) is 3.05. The number of hydrogen-bond donors (Lipinski definition) is 0. The molecule has 0 unspecified atom stereocenters. The van der Waals surface area contributed by atoms with E-state index in [1.165, 1.54) is 0 Å². The van der Waals surface area contributed by atoms with Gasteiger partial charge in [0.25, 0.3) is 0 Å². The van der Waals surface area contributed by atoms with Gasteiger partial charge in [-0.05, 0) is 17.6 Å². The van der Waals surface area contributed by atoms with Crippen LogP contribution in [-0.4, -0.2) is 4.98 Å². The van der Waals surface area contributed by atoms with Gasteiger partial charge >= 0.3 is 0 Å². The average Bonchev–Trinajstić information content (AvgIpc) is 2.02. The van der Waals surface area contributed by atoms with Gasteiger partial charge in [0.1, 0.15) is 0 Å². The van der Waals surface area contributed by atoms with E-state index < -0.39 is 18.2 Å². The van der Waals surface area contributed by atoms with Gasteiger partial charge in [-0.15, -0.1) is 11.6 Å². The zero-order chi connectivity index (χ0) is 9.30. The second-order valence-corrected chi connectivity index (χ2v) is 1.64. The molecule has 1 nitrogen and oxygen atoms in total. The van der Waals surface area contributed by atoms with Gasteiger partial charge in [0.05, 0.1) is 4.11 Å². The summed E-state index contributed by atoms with van der Waals surface area (Å²) in [6, 6.07) is -0.776. The van der Waals surface area contributed by atoms with E-state index in [4.69, 9.17) is 15.7 Å². The van der Waals surface area contributed by atoms with Crippen LogP contribution in [0.15, 0.2) is 18.3 Å². The van der Waals surface area contributed by atoms with Crippen molar-refractivity contribution < 1.29 is 8.50 Å². The Labute approximate surface area is 61.7 Å². The molecule has 1 heterocycles. The van der Waals surface area contributed by atoms with E-state index in [-0.39, 0.29) is 17.5 Å². The summed E-state index contributed by atoms with van der Waals surface area (Å²) in [6.07, 6.45) is -0.487. The van der Waals surface area contributed by atoms with Crippen LogP contribution in [-0.2, 0) is 5.88 Å². The third kappa shape index (κ3) is 1.64. The van der Waals surface area contributed by atoms with Gasteiger partial charge in [-0.3, -0.25) is 0 Å². The third-order valence-electron chi connectivity index (χ3n) is 0.749. The molecule has 0 aliphatic heterocycles. The number of nitrogens with zero attached hydrogens (tertiary/aromatic N) is 1. The van der Waals surface area contributed by atoms with Crippen LogP contribution in [0.3, 0.4) is 0 Å². The lowest BCUT2D eigenvalue weighted by molar-refractivity contribution is 0.582. The Hall–Kier alpha value is -0.630. The lowest BCUT2D eigenvalue weighted by Gasteiger charge is -1.90. The second-order valence-electron chi connectivity index (χ2n) is 1.38. The minimum absolute atomic E-state index is 0.00849. The number of halogens is 2. The van der Waals surface area contributed by atoms with Crippen molar-refractivity contribution in [1.29, 1.82) is 0 Å². The SMILES string of the molecule is [2H]c1nc(F)c([2H])c(CCl)c1[2H]. The number of hydrogen-bond acceptors (Lipinski definition) is 1. The van der Waals surface area contributed by atoms with Crippen molar-refractivity contribution in [3.8, 4) is 0 Å². The maximum atomic E-state index is 12.6. The first-order valence-electron chi connectivity index (χ1n) is 3.76. The van der Waals surface area contributed by atoms with Crippen molar-refractivity contribution >= 4 is 11.6 Å². The maximum absolute atomic E-state index is 12.6. The smallest absolute Gasteiger partial charge is 0.213 e. The highest BCUT2D eigenvalue weighted by Gasteiger charge is 1.91. The van der Waals surface area contributed by atoms with Gasteiger partial charge in [0, 0.05) is 12.1 Å². The normalized spacial score (nSPS) is 14.2. The summed E-state index contributed by atoms with van der Waals surface area (Å²) in [6.45, 7) is 0. The summed E-state index contributed by atoms with van der Waals surface area (Å²) < 4.78 is 34.0. The van der Waals surface area contributed by atoms with Crippen LogP contribution >= 0.6 is 11.6 Å². The largest absolute Gasteiger partial charge is 0.228 e. The van der Waals surface area contributed by atoms with E-state index in [1.807, 2.05) is 0 Å². The monoisotopic (exact) mass is 148 g/mol. The van der Waals surface area contributed by atoms with Gasteiger partial charge in [-0.2, -0.15) is 4.39 Å². The van der Waals surface area contributed by atoms with Crippen LogP contribution < -0.4 is 0 Å². The van der Waals surface area contributed by atoms with Gasteiger partial charge in [-0.25, -0.2) is 4.98 Å². The van der Waals surface area contributed by atoms with Gasteiger partial charge in [0.15, 0.2) is 0 Å². The quantitative estimate of drug-likeness (QED) is 0.438. The Kier molecular flexibility index (Phi) is 1.09. The van der Waals surface area contributed by atoms with Crippen LogP contribution in [0.2, 0.25) is 0 Å². The van der Waals surface area contributed by atoms with Crippen LogP contribution in [0.1, 0.15) is 9.68 Å². The molecule has 0 spiro atoms. The van der Waals surface area contributed by atoms with E-state index in [0.717, 1.165) is 0 Å². The number of aromatic nitrogens is 1. The van der Waals surface area contributed by atoms with Gasteiger partial charge < -0.3 is 0 Å². The molecule has 3 heteroatoms. The summed E-state index contributed by atoms with van der Waals surface area (Å²) >= 11 is 5.36. The minimum atomic E-state index is -1.05. The molecule has 48 valence electrons. The molecule has 0 aliphatic rings. The first-order chi connectivity index (χ1) is 5.57. The molecular formula is C6H5ClFN. The predicted octanol–water partition coefficient (Wildman–Crippen LogP) is 1.96. The molecule has 0 atom stereocenters. The lowest BCUT2D eigenvalue weighted by atomic mass is 10.3. The molecule has 1 aromatic heterocycles. The van der Waals surface area contributed by atoms with Crippen molar-refractivity contribution in [2.24, 2.45) is 0 Å². The molecule has 0 fully saturated rings. The van der Waals surface area contributed by atoms with E-state index in [0.29, 0.717) is 0 Å². The molecular weight excluding hydrogens is 141 g/mol. The Morgan fingerprint density at radius 1 is 1.89 bits per heavy atom. The predicted molar refractivity (Wildman–Crippen MR) is 33.8 cm³/mol. The van der Waals surface area contributed by atoms with E-state index in [9.17, 15) is 4.39 Å². The Morgan fingerprint density at radius 2 is 2.67 bits per heavy atom. The van der Waals surface area contributed by atoms with Crippen LogP contribution in [0.25, 0.3) is 0 Å². The minimum Gasteiger partial charge on any atom is -0.228 e. The standard InChI is InChI=1S/C6H5ClFN/c7-4-5-1-2-9-6(8)3-5/h1-3H,4H2/i1D,2D,3D. The molecule has 0 N–H and O–H groups in total. The molecule has 0 aromatic carbocycles. The summed E-state index contributed by atoms with van der Waals surface area (Å²) in [7, 11) is 0. The number of pyridine rings is 1. The Balaban J connectivity index is 3.42. The van der Waals surface area contributed by atoms with Gasteiger partial charge in [-0.1, -0.05) is 0 Å². The molecule has 0 aliphatic carbocycles. The van der Waals surface area contributed by atoms with Crippen LogP contribution in [0.4, 0.5) is 4.39 Å². The highest BCUT2D eigenvalue weighted by Crippen LogP contribution is 2.02. The molecule has 0 amide bonds. The Bertz CT molecular complexity index is 292. The molecule has 9 heavy (non-hydrogen) atoms. The van der Waals surface area contributed by atoms with Crippen molar-refractivity contribution in [2.75, 3.05) is 0 Å². The number of rotatable bonds is 1. The highest BCUT2D eigenvalue weighted by molar-refractivity contribution is 6.17. The van der Waals surface area contributed by atoms with Gasteiger partial charge in [0.2, 0.25) is 5.95 Å². The van der Waals surface area contributed by atoms with E-state index in [2.05, 4.69) is 4.98 Å². The van der Waals surface area contributed by atoms with Crippen molar-refractivity contribution in [3.05, 3.63) is 29.8 Å². The third-order valence-corrected chi connectivity index (χ3v) is 1.02. The fourth-order valence-electron chi connectivity index (χ4n) is 0.395. The summed E-state index contributed by atoms with van der Waals surface area (Å²) in [5, 5.41) is 0. The van der Waals surface area contributed by atoms with Crippen molar-refractivity contribution in [1.82, 2.24) is 4.98 Å². The highest BCUT2D eigenvalue weighted by atomic mass is 35.5. The molecule has 1 aromatic rings. The lowest BCUT2D eigenvalue weighted by Crippen LogP contribution is -1.83. The summed E-state index contributed by atoms with van der Waals surface area (Å²) in [5.74, 6) is -1.20. The fraction of sp³-hybridized carbons (Fsp3) is 0.167. The topological polar surface area (TPSA) is 12.9 Å². The van der Waals surface area contributed by atoms with E-state index in [1.54, 1.807) is 0 Å². The molecule has 0 bridgehead atoms. The average molecular weight is 149 g/mol. The first-order valence-corrected chi connectivity index (χ1v) is 2.79. The molecule has 1 rings (SSSR count). The molecule has 0 saturated heterocycles. The number of alkyl halides is 1.